The molecule has 5 atom stereocenters. The van der Waals surface area contributed by atoms with E-state index in [0.29, 0.717) is 11.8 Å². The first-order valence-electron chi connectivity index (χ1n) is 9.70. The summed E-state index contributed by atoms with van der Waals surface area (Å²) in [5.74, 6) is 3.03. The van der Waals surface area contributed by atoms with Gasteiger partial charge in [-0.15, -0.1) is 0 Å². The summed E-state index contributed by atoms with van der Waals surface area (Å²) in [5.41, 5.74) is 0. The van der Waals surface area contributed by atoms with E-state index in [4.69, 9.17) is 4.74 Å². The van der Waals surface area contributed by atoms with Gasteiger partial charge >= 0.3 is 0 Å². The van der Waals surface area contributed by atoms with Crippen molar-refractivity contribution in [2.45, 2.75) is 105 Å². The van der Waals surface area contributed by atoms with Gasteiger partial charge in [0.25, 0.3) is 0 Å². The molecule has 0 amide bonds. The quantitative estimate of drug-likeness (QED) is 0.554. The Morgan fingerprint density at radius 3 is 2.09 bits per heavy atom. The van der Waals surface area contributed by atoms with Gasteiger partial charge in [0.1, 0.15) is 0 Å². The van der Waals surface area contributed by atoms with Crippen LogP contribution in [-0.4, -0.2) is 17.5 Å². The van der Waals surface area contributed by atoms with Crippen LogP contribution in [0.3, 0.4) is 0 Å². The minimum absolute atomic E-state index is 0.275. The molecule has 0 aliphatic carbocycles. The zero-order valence-electron chi connectivity index (χ0n) is 15.7. The van der Waals surface area contributed by atoms with Gasteiger partial charge in [0.15, 0.2) is 6.29 Å². The summed E-state index contributed by atoms with van der Waals surface area (Å²) in [5, 5.41) is 9.71. The van der Waals surface area contributed by atoms with Crippen molar-refractivity contribution in [3.8, 4) is 0 Å². The van der Waals surface area contributed by atoms with E-state index in [1.807, 2.05) is 0 Å². The molecule has 0 bridgehead atoms. The molecule has 0 radical (unpaired) electrons. The van der Waals surface area contributed by atoms with Gasteiger partial charge in [-0.1, -0.05) is 73.1 Å². The Balaban J connectivity index is 2.08. The van der Waals surface area contributed by atoms with Crippen molar-refractivity contribution in [3.05, 3.63) is 0 Å². The van der Waals surface area contributed by atoms with Gasteiger partial charge in [-0.25, -0.2) is 0 Å². The van der Waals surface area contributed by atoms with Gasteiger partial charge in [0.2, 0.25) is 0 Å². The Labute approximate surface area is 139 Å². The van der Waals surface area contributed by atoms with Crippen molar-refractivity contribution >= 4 is 0 Å². The second-order valence-electron chi connectivity index (χ2n) is 8.49. The number of ether oxygens (including phenoxy) is 1. The smallest absolute Gasteiger partial charge is 0.155 e. The van der Waals surface area contributed by atoms with E-state index >= 15 is 0 Å². The molecule has 132 valence electrons. The average Bonchev–Trinajstić information content (AvgIpc) is 2.36. The lowest BCUT2D eigenvalue weighted by atomic mass is 9.88. The molecule has 1 aliphatic heterocycles. The third-order valence-corrected chi connectivity index (χ3v) is 5.16. The van der Waals surface area contributed by atoms with E-state index in [-0.39, 0.29) is 6.10 Å². The fourth-order valence-electron chi connectivity index (χ4n) is 3.77. The number of aliphatic hydroxyl groups is 1. The first-order chi connectivity index (χ1) is 10.4. The Bertz CT molecular complexity index is 267. The molecule has 22 heavy (non-hydrogen) atoms. The van der Waals surface area contributed by atoms with Gasteiger partial charge in [-0.3, -0.25) is 0 Å². The normalized spacial score (nSPS) is 28.8. The Hall–Kier alpha value is -0.0800. The maximum Gasteiger partial charge on any atom is 0.155 e. The molecule has 0 aromatic carbocycles. The standard InChI is InChI=1S/C20H40O2/c1-15(2)8-6-9-16(3)10-7-11-17(4)12-19-13-18(5)14-20(21)22-19/h15-21H,6-14H2,1-5H3. The minimum Gasteiger partial charge on any atom is -0.368 e. The fraction of sp³-hybridized carbons (Fsp3) is 1.00. The molecule has 1 N–H and O–H groups in total. The minimum atomic E-state index is -0.526. The van der Waals surface area contributed by atoms with Crippen molar-refractivity contribution in [3.63, 3.8) is 0 Å². The van der Waals surface area contributed by atoms with Crippen LogP contribution in [0.2, 0.25) is 0 Å². The Morgan fingerprint density at radius 2 is 1.50 bits per heavy atom. The molecule has 0 aromatic rings. The van der Waals surface area contributed by atoms with Gasteiger partial charge < -0.3 is 9.84 Å². The highest BCUT2D eigenvalue weighted by Gasteiger charge is 2.26. The monoisotopic (exact) mass is 312 g/mol. The van der Waals surface area contributed by atoms with E-state index in [9.17, 15) is 5.11 Å². The molecule has 1 rings (SSSR count). The molecule has 0 spiro atoms. The third-order valence-electron chi connectivity index (χ3n) is 5.16. The van der Waals surface area contributed by atoms with E-state index in [1.165, 1.54) is 38.5 Å². The molecule has 1 saturated heterocycles. The lowest BCUT2D eigenvalue weighted by Gasteiger charge is -2.32. The summed E-state index contributed by atoms with van der Waals surface area (Å²) in [6.45, 7) is 11.6. The van der Waals surface area contributed by atoms with E-state index in [1.54, 1.807) is 0 Å². The van der Waals surface area contributed by atoms with Crippen molar-refractivity contribution in [2.24, 2.45) is 23.7 Å². The van der Waals surface area contributed by atoms with Gasteiger partial charge in [0.05, 0.1) is 6.10 Å². The SMILES string of the molecule is CC(C)CCCC(C)CCCC(C)CC1CC(C)CC(O)O1. The number of aliphatic hydroxyl groups excluding tert-OH is 1. The summed E-state index contributed by atoms with van der Waals surface area (Å²) in [6.07, 6.45) is 11.0. The Morgan fingerprint density at radius 1 is 0.909 bits per heavy atom. The first kappa shape index (κ1) is 20.0. The summed E-state index contributed by atoms with van der Waals surface area (Å²) < 4.78 is 5.69. The van der Waals surface area contributed by atoms with Gasteiger partial charge in [-0.05, 0) is 36.5 Å². The Kier molecular flexibility index (Phi) is 9.66. The van der Waals surface area contributed by atoms with E-state index in [0.717, 1.165) is 31.1 Å². The molecule has 1 fully saturated rings. The number of hydrogen-bond donors (Lipinski definition) is 1. The lowest BCUT2D eigenvalue weighted by molar-refractivity contribution is -0.179. The fourth-order valence-corrected chi connectivity index (χ4v) is 3.77. The number of hydrogen-bond acceptors (Lipinski definition) is 2. The lowest BCUT2D eigenvalue weighted by Crippen LogP contribution is -2.32. The van der Waals surface area contributed by atoms with Gasteiger partial charge in [-0.2, -0.15) is 0 Å². The molecule has 0 aromatic heterocycles. The predicted molar refractivity (Wildman–Crippen MR) is 94.8 cm³/mol. The summed E-state index contributed by atoms with van der Waals surface area (Å²) >= 11 is 0. The third kappa shape index (κ3) is 9.15. The van der Waals surface area contributed by atoms with Crippen LogP contribution in [0.1, 0.15) is 92.4 Å². The average molecular weight is 313 g/mol. The topological polar surface area (TPSA) is 29.5 Å². The van der Waals surface area contributed by atoms with Crippen molar-refractivity contribution in [2.75, 3.05) is 0 Å². The highest BCUT2D eigenvalue weighted by Crippen LogP contribution is 2.29. The molecule has 1 aliphatic rings. The second-order valence-corrected chi connectivity index (χ2v) is 8.49. The van der Waals surface area contributed by atoms with Crippen LogP contribution >= 0.6 is 0 Å². The predicted octanol–water partition coefficient (Wildman–Crippen LogP) is 5.78. The van der Waals surface area contributed by atoms with Crippen LogP contribution in [-0.2, 0) is 4.74 Å². The highest BCUT2D eigenvalue weighted by molar-refractivity contribution is 4.73. The van der Waals surface area contributed by atoms with Gasteiger partial charge in [0, 0.05) is 6.42 Å². The van der Waals surface area contributed by atoms with Crippen molar-refractivity contribution in [1.29, 1.82) is 0 Å². The van der Waals surface area contributed by atoms with Crippen molar-refractivity contribution in [1.82, 2.24) is 0 Å². The molecular formula is C20H40O2. The zero-order valence-corrected chi connectivity index (χ0v) is 15.7. The second kappa shape index (κ2) is 10.6. The molecule has 0 saturated carbocycles. The van der Waals surface area contributed by atoms with Crippen LogP contribution < -0.4 is 0 Å². The number of rotatable bonds is 10. The summed E-state index contributed by atoms with van der Waals surface area (Å²) in [4.78, 5) is 0. The van der Waals surface area contributed by atoms with Crippen LogP contribution in [0.4, 0.5) is 0 Å². The van der Waals surface area contributed by atoms with Crippen LogP contribution in [0, 0.1) is 23.7 Å². The largest absolute Gasteiger partial charge is 0.368 e. The zero-order chi connectivity index (χ0) is 16.5. The van der Waals surface area contributed by atoms with Crippen LogP contribution in [0.25, 0.3) is 0 Å². The van der Waals surface area contributed by atoms with E-state index in [2.05, 4.69) is 34.6 Å². The van der Waals surface area contributed by atoms with Crippen molar-refractivity contribution < 1.29 is 9.84 Å². The molecule has 5 unspecified atom stereocenters. The molecule has 1 heterocycles. The maximum atomic E-state index is 9.71. The van der Waals surface area contributed by atoms with Crippen LogP contribution in [0.5, 0.6) is 0 Å². The molecule has 2 nitrogen and oxygen atoms in total. The van der Waals surface area contributed by atoms with Crippen LogP contribution in [0.15, 0.2) is 0 Å². The summed E-state index contributed by atoms with van der Waals surface area (Å²) in [6, 6.07) is 0. The molecular weight excluding hydrogens is 272 g/mol. The highest BCUT2D eigenvalue weighted by atomic mass is 16.6. The molecule has 2 heteroatoms. The van der Waals surface area contributed by atoms with E-state index < -0.39 is 6.29 Å². The summed E-state index contributed by atoms with van der Waals surface area (Å²) in [7, 11) is 0. The first-order valence-corrected chi connectivity index (χ1v) is 9.70. The maximum absolute atomic E-state index is 9.71.